The van der Waals surface area contributed by atoms with E-state index in [1.54, 1.807) is 13.8 Å². The molecule has 0 spiro atoms. The maximum Gasteiger partial charge on any atom is 0.310 e. The predicted octanol–water partition coefficient (Wildman–Crippen LogP) is 2.31. The SMILES string of the molecule is C=CC(O)(C(C(=O)O)C(C)C)C(C)(C)C. The third-order valence-corrected chi connectivity index (χ3v) is 2.92. The highest BCUT2D eigenvalue weighted by Gasteiger charge is 2.49. The lowest BCUT2D eigenvalue weighted by Gasteiger charge is -2.43. The molecule has 0 aliphatic carbocycles. The number of aliphatic carboxylic acids is 1. The van der Waals surface area contributed by atoms with E-state index in [9.17, 15) is 9.90 Å². The molecule has 0 saturated carbocycles. The van der Waals surface area contributed by atoms with Gasteiger partial charge in [-0.3, -0.25) is 4.79 Å². The van der Waals surface area contributed by atoms with Crippen LogP contribution in [0.25, 0.3) is 0 Å². The Balaban J connectivity index is 5.42. The molecule has 2 unspecified atom stereocenters. The van der Waals surface area contributed by atoms with Gasteiger partial charge in [0.15, 0.2) is 0 Å². The van der Waals surface area contributed by atoms with Gasteiger partial charge >= 0.3 is 5.97 Å². The molecular formula is C12H22O3. The summed E-state index contributed by atoms with van der Waals surface area (Å²) < 4.78 is 0. The van der Waals surface area contributed by atoms with Crippen LogP contribution in [0.3, 0.4) is 0 Å². The van der Waals surface area contributed by atoms with Gasteiger partial charge in [-0.15, -0.1) is 6.58 Å². The van der Waals surface area contributed by atoms with E-state index in [-0.39, 0.29) is 5.92 Å². The van der Waals surface area contributed by atoms with Crippen LogP contribution < -0.4 is 0 Å². The van der Waals surface area contributed by atoms with Crippen LogP contribution in [0.2, 0.25) is 0 Å². The molecular weight excluding hydrogens is 192 g/mol. The topological polar surface area (TPSA) is 57.5 Å². The zero-order valence-corrected chi connectivity index (χ0v) is 10.2. The fraction of sp³-hybridized carbons (Fsp3) is 0.750. The van der Waals surface area contributed by atoms with Crippen molar-refractivity contribution in [2.75, 3.05) is 0 Å². The largest absolute Gasteiger partial charge is 0.481 e. The zero-order chi connectivity index (χ0) is 12.4. The highest BCUT2D eigenvalue weighted by atomic mass is 16.4. The van der Waals surface area contributed by atoms with E-state index in [4.69, 9.17) is 5.11 Å². The number of hydrogen-bond donors (Lipinski definition) is 2. The quantitative estimate of drug-likeness (QED) is 0.706. The summed E-state index contributed by atoms with van der Waals surface area (Å²) in [5, 5.41) is 19.6. The van der Waals surface area contributed by atoms with Gasteiger partial charge in [0.25, 0.3) is 0 Å². The molecule has 0 radical (unpaired) electrons. The van der Waals surface area contributed by atoms with Crippen LogP contribution in [-0.4, -0.2) is 21.8 Å². The Morgan fingerprint density at radius 3 is 1.80 bits per heavy atom. The fourth-order valence-electron chi connectivity index (χ4n) is 1.88. The second-order valence-electron chi connectivity index (χ2n) is 5.34. The molecule has 0 aliphatic heterocycles. The first kappa shape index (κ1) is 14.2. The van der Waals surface area contributed by atoms with Crippen molar-refractivity contribution < 1.29 is 15.0 Å². The number of carbonyl (C=O) groups is 1. The second-order valence-corrected chi connectivity index (χ2v) is 5.34. The van der Waals surface area contributed by atoms with Gasteiger partial charge in [0.1, 0.15) is 5.60 Å². The van der Waals surface area contributed by atoms with Crippen LogP contribution in [-0.2, 0) is 4.79 Å². The van der Waals surface area contributed by atoms with Crippen molar-refractivity contribution in [3.8, 4) is 0 Å². The highest BCUT2D eigenvalue weighted by Crippen LogP contribution is 2.40. The Hall–Kier alpha value is -0.830. The minimum absolute atomic E-state index is 0.148. The molecule has 0 aromatic heterocycles. The summed E-state index contributed by atoms with van der Waals surface area (Å²) in [6.45, 7) is 12.6. The number of carboxylic acids is 1. The Morgan fingerprint density at radius 1 is 1.33 bits per heavy atom. The molecule has 0 bridgehead atoms. The lowest BCUT2D eigenvalue weighted by atomic mass is 9.65. The summed E-state index contributed by atoms with van der Waals surface area (Å²) in [6, 6.07) is 0. The van der Waals surface area contributed by atoms with Gasteiger partial charge in [0.05, 0.1) is 5.92 Å². The Morgan fingerprint density at radius 2 is 1.73 bits per heavy atom. The molecule has 2 N–H and O–H groups in total. The van der Waals surface area contributed by atoms with Crippen LogP contribution in [0.4, 0.5) is 0 Å². The number of rotatable bonds is 4. The van der Waals surface area contributed by atoms with Crippen molar-refractivity contribution in [2.45, 2.75) is 40.2 Å². The lowest BCUT2D eigenvalue weighted by Crippen LogP contribution is -2.52. The first-order chi connectivity index (χ1) is 6.58. The molecule has 15 heavy (non-hydrogen) atoms. The fourth-order valence-corrected chi connectivity index (χ4v) is 1.88. The second kappa shape index (κ2) is 4.35. The molecule has 0 heterocycles. The number of hydrogen-bond acceptors (Lipinski definition) is 2. The third kappa shape index (κ3) is 2.59. The Bertz CT molecular complexity index is 250. The number of aliphatic hydroxyl groups is 1. The summed E-state index contributed by atoms with van der Waals surface area (Å²) in [7, 11) is 0. The van der Waals surface area contributed by atoms with Crippen LogP contribution in [0.1, 0.15) is 34.6 Å². The molecule has 0 amide bonds. The molecule has 3 heteroatoms. The van der Waals surface area contributed by atoms with E-state index in [2.05, 4.69) is 6.58 Å². The summed E-state index contributed by atoms with van der Waals surface area (Å²) in [6.07, 6.45) is 1.35. The minimum atomic E-state index is -1.40. The normalized spacial score (nSPS) is 18.3. The van der Waals surface area contributed by atoms with Gasteiger partial charge in [-0.2, -0.15) is 0 Å². The van der Waals surface area contributed by atoms with Gasteiger partial charge in [0, 0.05) is 0 Å². The Kier molecular flexibility index (Phi) is 4.11. The van der Waals surface area contributed by atoms with Crippen molar-refractivity contribution in [1.29, 1.82) is 0 Å². The van der Waals surface area contributed by atoms with Crippen molar-refractivity contribution >= 4 is 5.97 Å². The van der Waals surface area contributed by atoms with Crippen LogP contribution in [0.15, 0.2) is 12.7 Å². The molecule has 0 aromatic carbocycles. The highest BCUT2D eigenvalue weighted by molar-refractivity contribution is 5.72. The number of carboxylic acid groups (broad SMARTS) is 1. The molecule has 3 nitrogen and oxygen atoms in total. The molecule has 0 fully saturated rings. The molecule has 0 saturated heterocycles. The van der Waals surface area contributed by atoms with E-state index in [1.165, 1.54) is 6.08 Å². The third-order valence-electron chi connectivity index (χ3n) is 2.92. The first-order valence-electron chi connectivity index (χ1n) is 5.16. The minimum Gasteiger partial charge on any atom is -0.481 e. The van der Waals surface area contributed by atoms with Gasteiger partial charge < -0.3 is 10.2 Å². The first-order valence-corrected chi connectivity index (χ1v) is 5.16. The molecule has 0 aromatic rings. The standard InChI is InChI=1S/C12H22O3/c1-7-12(15,11(4,5)6)9(8(2)3)10(13)14/h7-9,15H,1H2,2-6H3,(H,13,14). The van der Waals surface area contributed by atoms with Crippen molar-refractivity contribution in [3.63, 3.8) is 0 Å². The molecule has 2 atom stereocenters. The summed E-state index contributed by atoms with van der Waals surface area (Å²) in [5.74, 6) is -1.97. The molecule has 0 aliphatic rings. The van der Waals surface area contributed by atoms with Crippen molar-refractivity contribution in [2.24, 2.45) is 17.3 Å². The van der Waals surface area contributed by atoms with E-state index in [1.807, 2.05) is 20.8 Å². The lowest BCUT2D eigenvalue weighted by molar-refractivity contribution is -0.160. The van der Waals surface area contributed by atoms with E-state index in [0.29, 0.717) is 0 Å². The maximum absolute atomic E-state index is 11.2. The average Bonchev–Trinajstić information content (AvgIpc) is 2.00. The van der Waals surface area contributed by atoms with Gasteiger partial charge in [-0.1, -0.05) is 40.7 Å². The molecule has 0 rings (SSSR count). The van der Waals surface area contributed by atoms with Gasteiger partial charge in [-0.05, 0) is 11.3 Å². The van der Waals surface area contributed by atoms with Gasteiger partial charge in [-0.25, -0.2) is 0 Å². The van der Waals surface area contributed by atoms with Crippen molar-refractivity contribution in [1.82, 2.24) is 0 Å². The van der Waals surface area contributed by atoms with Crippen LogP contribution in [0.5, 0.6) is 0 Å². The van der Waals surface area contributed by atoms with Crippen LogP contribution >= 0.6 is 0 Å². The van der Waals surface area contributed by atoms with Crippen LogP contribution in [0, 0.1) is 17.3 Å². The predicted molar refractivity (Wildman–Crippen MR) is 60.6 cm³/mol. The average molecular weight is 214 g/mol. The van der Waals surface area contributed by atoms with Crippen molar-refractivity contribution in [3.05, 3.63) is 12.7 Å². The molecule has 88 valence electrons. The monoisotopic (exact) mass is 214 g/mol. The maximum atomic E-state index is 11.2. The summed E-state index contributed by atoms with van der Waals surface area (Å²) in [5.41, 5.74) is -1.95. The summed E-state index contributed by atoms with van der Waals surface area (Å²) in [4.78, 5) is 11.2. The summed E-state index contributed by atoms with van der Waals surface area (Å²) >= 11 is 0. The van der Waals surface area contributed by atoms with E-state index >= 15 is 0 Å². The van der Waals surface area contributed by atoms with Gasteiger partial charge in [0.2, 0.25) is 0 Å². The smallest absolute Gasteiger partial charge is 0.310 e. The Labute approximate surface area is 91.8 Å². The van der Waals surface area contributed by atoms with E-state index in [0.717, 1.165) is 0 Å². The van der Waals surface area contributed by atoms with E-state index < -0.39 is 22.9 Å². The zero-order valence-electron chi connectivity index (χ0n) is 10.2.